The molecule has 524 valence electrons. The summed E-state index contributed by atoms with van der Waals surface area (Å²) < 4.78 is 153. The molecule has 22 heteroatoms. The van der Waals surface area contributed by atoms with Crippen LogP contribution >= 0.6 is 0 Å². The lowest BCUT2D eigenvalue weighted by molar-refractivity contribution is 0.0464. The number of halogens is 9. The Morgan fingerprint density at radius 1 is 0.274 bits per heavy atom. The topological polar surface area (TPSA) is 125 Å². The summed E-state index contributed by atoms with van der Waals surface area (Å²) in [6.07, 6.45) is -7.84. The summed E-state index contributed by atoms with van der Waals surface area (Å²) in [6, 6.07) is 74.6. The monoisotopic (exact) mass is 1430 g/mol. The highest BCUT2D eigenvalue weighted by Crippen LogP contribution is 2.42. The summed E-state index contributed by atoms with van der Waals surface area (Å²) in [6.45, 7) is -0.282. The lowest BCUT2D eigenvalue weighted by Gasteiger charge is -2.26. The van der Waals surface area contributed by atoms with Crippen molar-refractivity contribution in [3.8, 4) is 34.3 Å². The second-order valence-corrected chi connectivity index (χ2v) is 24.2. The highest BCUT2D eigenvalue weighted by molar-refractivity contribution is 6.12. The van der Waals surface area contributed by atoms with E-state index in [2.05, 4.69) is 69.2 Å². The standard InChI is InChI=1S/C84H51F9N4O9/c85-76(86)79(91)104-61-34-16-52(17-35-61)82(98)101-46-49-13-40-73-67(43-49)64-7-1-4-10-70(64)95(73)58-28-22-55(23-29-58)94(56-24-30-59(31-25-56)96-71-11-5-2-8-65(71)68-44-50(14-41-74(68)96)47-102-83(99)53-18-36-62(37-19-53)105-80(92)77(87)88)57-26-32-60(33-27-57)97-72-12-6-3-9-66(72)69-45-51(15-42-75(69)97)48-103-84(100)54-20-38-63(39-21-54)106-81(93)78(89)90/h1-45H,46-48H2. The maximum Gasteiger partial charge on any atom is 0.344 e. The maximum atomic E-state index is 13.4. The third-order valence-electron chi connectivity index (χ3n) is 17.8. The first-order valence-corrected chi connectivity index (χ1v) is 32.6. The summed E-state index contributed by atoms with van der Waals surface area (Å²) in [5, 5.41) is 5.53. The lowest BCUT2D eigenvalue weighted by atomic mass is 10.1. The molecule has 0 unspecified atom stereocenters. The van der Waals surface area contributed by atoms with Crippen molar-refractivity contribution < 1.29 is 82.3 Å². The summed E-state index contributed by atoms with van der Waals surface area (Å²) in [7, 11) is 0. The summed E-state index contributed by atoms with van der Waals surface area (Å²) in [4.78, 5) is 41.6. The number of anilines is 3. The lowest BCUT2D eigenvalue weighted by Crippen LogP contribution is -2.10. The summed E-state index contributed by atoms with van der Waals surface area (Å²) in [5.41, 5.74) is 12.8. The minimum atomic E-state index is -2.61. The molecule has 0 radical (unpaired) electrons. The molecule has 0 aliphatic heterocycles. The van der Waals surface area contributed by atoms with Gasteiger partial charge in [0.25, 0.3) is 0 Å². The Kier molecular flexibility index (Phi) is 18.6. The fraction of sp³-hybridized carbons (Fsp3) is 0.0357. The number of rotatable bonds is 21. The van der Waals surface area contributed by atoms with Crippen LogP contribution in [-0.4, -0.2) is 31.6 Å². The van der Waals surface area contributed by atoms with E-state index in [0.29, 0.717) is 16.7 Å². The molecule has 0 saturated carbocycles. The number of hydrogen-bond acceptors (Lipinski definition) is 10. The molecule has 0 bridgehead atoms. The van der Waals surface area contributed by atoms with Gasteiger partial charge in [0.2, 0.25) is 0 Å². The van der Waals surface area contributed by atoms with E-state index in [9.17, 15) is 53.9 Å². The Hall–Kier alpha value is -13.8. The second-order valence-electron chi connectivity index (χ2n) is 24.2. The van der Waals surface area contributed by atoms with Gasteiger partial charge in [0, 0.05) is 66.4 Å². The molecular formula is C84H51F9N4O9. The van der Waals surface area contributed by atoms with Gasteiger partial charge in [-0.3, -0.25) is 0 Å². The molecule has 0 N–H and O–H groups in total. The Morgan fingerprint density at radius 3 is 0.774 bits per heavy atom. The number of para-hydroxylation sites is 3. The van der Waals surface area contributed by atoms with Crippen LogP contribution in [0.2, 0.25) is 0 Å². The predicted molar refractivity (Wildman–Crippen MR) is 384 cm³/mol. The number of benzene rings is 12. The smallest absolute Gasteiger partial charge is 0.344 e. The van der Waals surface area contributed by atoms with Crippen molar-refractivity contribution in [1.82, 2.24) is 13.7 Å². The summed E-state index contributed by atoms with van der Waals surface area (Å²) >= 11 is 0. The molecule has 12 aromatic carbocycles. The van der Waals surface area contributed by atoms with E-state index < -0.39 is 54.2 Å². The van der Waals surface area contributed by atoms with Gasteiger partial charge in [0.1, 0.15) is 37.1 Å². The van der Waals surface area contributed by atoms with Crippen molar-refractivity contribution in [2.24, 2.45) is 0 Å². The fourth-order valence-electron chi connectivity index (χ4n) is 13.0. The van der Waals surface area contributed by atoms with E-state index >= 15 is 0 Å². The molecule has 3 aromatic heterocycles. The zero-order valence-electron chi connectivity index (χ0n) is 55.0. The van der Waals surface area contributed by atoms with Gasteiger partial charge in [0.05, 0.1) is 49.8 Å². The molecule has 0 atom stereocenters. The van der Waals surface area contributed by atoms with Crippen molar-refractivity contribution in [3.05, 3.63) is 343 Å². The normalized spacial score (nSPS) is 11.3. The molecule has 0 aliphatic rings. The zero-order valence-corrected chi connectivity index (χ0v) is 55.0. The van der Waals surface area contributed by atoms with Gasteiger partial charge in [-0.25, -0.2) is 14.4 Å². The quantitative estimate of drug-likeness (QED) is 0.0297. The number of nitrogens with zero attached hydrogens (tertiary/aromatic N) is 4. The number of esters is 3. The van der Waals surface area contributed by atoms with Gasteiger partial charge >= 0.3 is 54.2 Å². The third-order valence-corrected chi connectivity index (χ3v) is 17.8. The summed E-state index contributed by atoms with van der Waals surface area (Å²) in [5.74, 6) is -2.75. The van der Waals surface area contributed by atoms with E-state index in [1.54, 1.807) is 0 Å². The first-order valence-electron chi connectivity index (χ1n) is 32.6. The van der Waals surface area contributed by atoms with Crippen LogP contribution in [-0.2, 0) is 34.0 Å². The molecule has 106 heavy (non-hydrogen) atoms. The molecule has 0 spiro atoms. The largest absolute Gasteiger partial charge is 0.457 e. The molecule has 0 saturated heterocycles. The molecule has 0 fully saturated rings. The maximum absolute atomic E-state index is 13.4. The van der Waals surface area contributed by atoms with E-state index in [1.165, 1.54) is 72.8 Å². The van der Waals surface area contributed by atoms with Crippen LogP contribution < -0.4 is 19.1 Å². The van der Waals surface area contributed by atoms with Gasteiger partial charge in [-0.15, -0.1) is 0 Å². The Morgan fingerprint density at radius 2 is 0.519 bits per heavy atom. The Balaban J connectivity index is 0.739. The van der Waals surface area contributed by atoms with Crippen LogP contribution in [0.5, 0.6) is 17.2 Å². The Labute approximate surface area is 595 Å². The number of carbonyl (C=O) groups excluding carboxylic acids is 3. The van der Waals surface area contributed by atoms with Gasteiger partial charge in [0.15, 0.2) is 0 Å². The fourth-order valence-corrected chi connectivity index (χ4v) is 13.0. The van der Waals surface area contributed by atoms with Crippen LogP contribution in [0, 0.1) is 0 Å². The highest BCUT2D eigenvalue weighted by Gasteiger charge is 2.23. The second kappa shape index (κ2) is 28.9. The average molecular weight is 1430 g/mol. The molecule has 3 heterocycles. The zero-order chi connectivity index (χ0) is 73.3. The molecule has 15 aromatic rings. The first kappa shape index (κ1) is 68.0. The number of hydrogen-bond donors (Lipinski definition) is 0. The van der Waals surface area contributed by atoms with Crippen LogP contribution in [0.25, 0.3) is 82.5 Å². The predicted octanol–water partition coefficient (Wildman–Crippen LogP) is 22.8. The van der Waals surface area contributed by atoms with Crippen LogP contribution in [0.15, 0.2) is 309 Å². The van der Waals surface area contributed by atoms with E-state index in [1.807, 2.05) is 164 Å². The number of carbonyl (C=O) groups is 3. The minimum absolute atomic E-state index is 0.0941. The highest BCUT2D eigenvalue weighted by atomic mass is 19.3. The SMILES string of the molecule is O=C(OCc1ccc2c(c1)c1ccccc1n2-c1ccc(N(c2ccc(-n3c4ccccc4c4cc(COC(=O)c5ccc(OC(F)=C(F)F)cc5)ccc43)cc2)c2ccc(-n3c4ccccc4c4cc(COC(=O)c5ccc(OC(F)=C(F)F)cc5)ccc43)cc2)cc1)c1ccc(OC(F)=C(F)F)cc1. The van der Waals surface area contributed by atoms with Crippen LogP contribution in [0.3, 0.4) is 0 Å². The Bertz CT molecular complexity index is 5440. The first-order chi connectivity index (χ1) is 51.5. The van der Waals surface area contributed by atoms with Gasteiger partial charge < -0.3 is 47.0 Å². The van der Waals surface area contributed by atoms with Gasteiger partial charge in [-0.1, -0.05) is 72.8 Å². The molecule has 13 nitrogen and oxygen atoms in total. The third kappa shape index (κ3) is 13.7. The molecule has 0 amide bonds. The molecule has 0 aliphatic carbocycles. The number of ether oxygens (including phenoxy) is 6. The van der Waals surface area contributed by atoms with Gasteiger partial charge in [-0.05, 0) is 217 Å². The van der Waals surface area contributed by atoms with Crippen LogP contribution in [0.4, 0.5) is 56.6 Å². The van der Waals surface area contributed by atoms with Crippen molar-refractivity contribution in [2.75, 3.05) is 4.90 Å². The van der Waals surface area contributed by atoms with E-state index in [4.69, 9.17) is 14.2 Å². The van der Waals surface area contributed by atoms with Crippen molar-refractivity contribution >= 4 is 100 Å². The van der Waals surface area contributed by atoms with Gasteiger partial charge in [-0.2, -0.15) is 39.5 Å². The number of aromatic nitrogens is 3. The molecule has 15 rings (SSSR count). The van der Waals surface area contributed by atoms with E-state index in [0.717, 1.165) is 99.5 Å². The van der Waals surface area contributed by atoms with Crippen molar-refractivity contribution in [1.29, 1.82) is 0 Å². The van der Waals surface area contributed by atoms with E-state index in [-0.39, 0.29) is 53.8 Å². The van der Waals surface area contributed by atoms with Crippen LogP contribution in [0.1, 0.15) is 47.8 Å². The van der Waals surface area contributed by atoms with Crippen molar-refractivity contribution in [2.45, 2.75) is 19.8 Å². The van der Waals surface area contributed by atoms with Crippen molar-refractivity contribution in [3.63, 3.8) is 0 Å². The average Bonchev–Trinajstić information content (AvgIpc) is 1.61. The minimum Gasteiger partial charge on any atom is -0.457 e. The number of fused-ring (bicyclic) bond motifs is 9. The molecular weight excluding hydrogens is 1380 g/mol.